The van der Waals surface area contributed by atoms with Crippen LogP contribution in [0.4, 0.5) is 0 Å². The minimum atomic E-state index is -3.18. The van der Waals surface area contributed by atoms with E-state index < -0.39 is 9.84 Å². The van der Waals surface area contributed by atoms with E-state index >= 15 is 0 Å². The van der Waals surface area contributed by atoms with E-state index in [2.05, 4.69) is 5.32 Å². The van der Waals surface area contributed by atoms with Crippen LogP contribution in [0.3, 0.4) is 0 Å². The van der Waals surface area contributed by atoms with Crippen LogP contribution >= 0.6 is 0 Å². The van der Waals surface area contributed by atoms with Gasteiger partial charge in [0.15, 0.2) is 9.84 Å². The summed E-state index contributed by atoms with van der Waals surface area (Å²) in [7, 11) is 0.241. The molecule has 0 bridgehead atoms. The van der Waals surface area contributed by atoms with Gasteiger partial charge in [-0.15, -0.1) is 0 Å². The number of benzene rings is 1. The van der Waals surface area contributed by atoms with Gasteiger partial charge < -0.3 is 10.1 Å². The van der Waals surface area contributed by atoms with Crippen molar-refractivity contribution in [2.24, 2.45) is 0 Å². The molecule has 1 aliphatic rings. The van der Waals surface area contributed by atoms with E-state index in [9.17, 15) is 8.42 Å². The summed E-state index contributed by atoms with van der Waals surface area (Å²) >= 11 is 0. The van der Waals surface area contributed by atoms with Gasteiger partial charge in [0, 0.05) is 6.04 Å². The molecule has 0 aliphatic carbocycles. The number of hydrogen-bond donors (Lipinski definition) is 1. The van der Waals surface area contributed by atoms with Gasteiger partial charge in [-0.2, -0.15) is 0 Å². The normalized spacial score (nSPS) is 26.3. The molecule has 1 aromatic rings. The Kier molecular flexibility index (Phi) is 3.14. The van der Waals surface area contributed by atoms with Crippen LogP contribution in [0.2, 0.25) is 0 Å². The van der Waals surface area contributed by atoms with Gasteiger partial charge in [0.2, 0.25) is 0 Å². The largest absolute Gasteiger partial charge is 0.497 e. The zero-order chi connectivity index (χ0) is 12.6. The molecule has 2 unspecified atom stereocenters. The SMILES string of the molecule is CNC1CC(C)S(=O)(=O)c2ccc(OC)cc21. The number of hydrogen-bond acceptors (Lipinski definition) is 4. The third kappa shape index (κ3) is 1.93. The van der Waals surface area contributed by atoms with Crippen LogP contribution < -0.4 is 10.1 Å². The molecular formula is C12H17NO3S. The monoisotopic (exact) mass is 255 g/mol. The lowest BCUT2D eigenvalue weighted by Gasteiger charge is -2.29. The second-order valence-electron chi connectivity index (χ2n) is 4.34. The number of methoxy groups -OCH3 is 1. The lowest BCUT2D eigenvalue weighted by atomic mass is 10.0. The Morgan fingerprint density at radius 3 is 2.71 bits per heavy atom. The smallest absolute Gasteiger partial charge is 0.181 e. The fourth-order valence-electron chi connectivity index (χ4n) is 2.26. The summed E-state index contributed by atoms with van der Waals surface area (Å²) in [5.74, 6) is 0.689. The molecule has 0 saturated heterocycles. The highest BCUT2D eigenvalue weighted by molar-refractivity contribution is 7.92. The summed E-state index contributed by atoms with van der Waals surface area (Å²) in [4.78, 5) is 0.427. The molecule has 94 valence electrons. The van der Waals surface area contributed by atoms with Gasteiger partial charge in [-0.25, -0.2) is 8.42 Å². The van der Waals surface area contributed by atoms with Crippen molar-refractivity contribution in [1.29, 1.82) is 0 Å². The van der Waals surface area contributed by atoms with Crippen LogP contribution in [0.25, 0.3) is 0 Å². The molecule has 0 fully saturated rings. The third-order valence-corrected chi connectivity index (χ3v) is 5.58. The Hall–Kier alpha value is -1.07. The van der Waals surface area contributed by atoms with E-state index in [1.165, 1.54) is 0 Å². The average Bonchev–Trinajstić information content (AvgIpc) is 2.33. The van der Waals surface area contributed by atoms with E-state index in [1.807, 2.05) is 7.05 Å². The second kappa shape index (κ2) is 4.31. The molecule has 2 rings (SSSR count). The summed E-state index contributed by atoms with van der Waals surface area (Å²) in [6.07, 6.45) is 0.596. The van der Waals surface area contributed by atoms with Crippen LogP contribution in [0, 0.1) is 0 Å². The summed E-state index contributed by atoms with van der Waals surface area (Å²) in [5.41, 5.74) is 0.810. The number of sulfone groups is 1. The first kappa shape index (κ1) is 12.4. The Balaban J connectivity index is 2.63. The molecule has 1 heterocycles. The first-order chi connectivity index (χ1) is 8.00. The highest BCUT2D eigenvalue weighted by atomic mass is 32.2. The number of ether oxygens (including phenoxy) is 1. The Morgan fingerprint density at radius 2 is 2.12 bits per heavy atom. The molecule has 0 saturated carbocycles. The van der Waals surface area contributed by atoms with Crippen LogP contribution in [0.15, 0.2) is 23.1 Å². The Labute approximate surface area is 102 Å². The number of fused-ring (bicyclic) bond motifs is 1. The van der Waals surface area contributed by atoms with Crippen molar-refractivity contribution in [3.63, 3.8) is 0 Å². The predicted octanol–water partition coefficient (Wildman–Crippen LogP) is 1.52. The highest BCUT2D eigenvalue weighted by Gasteiger charge is 2.35. The zero-order valence-corrected chi connectivity index (χ0v) is 11.0. The standard InChI is InChI=1S/C12H17NO3S/c1-8-6-11(13-2)10-7-9(16-3)4-5-12(10)17(8,14)15/h4-5,7-8,11,13H,6H2,1-3H3. The van der Waals surface area contributed by atoms with E-state index in [0.29, 0.717) is 17.1 Å². The van der Waals surface area contributed by atoms with Crippen LogP contribution in [0.5, 0.6) is 5.75 Å². The fraction of sp³-hybridized carbons (Fsp3) is 0.500. The first-order valence-electron chi connectivity index (χ1n) is 5.59. The van der Waals surface area contributed by atoms with Crippen molar-refractivity contribution in [2.75, 3.05) is 14.2 Å². The molecule has 5 heteroatoms. The second-order valence-corrected chi connectivity index (χ2v) is 6.67. The quantitative estimate of drug-likeness (QED) is 0.870. The minimum absolute atomic E-state index is 0.0682. The molecule has 0 radical (unpaired) electrons. The summed E-state index contributed by atoms with van der Waals surface area (Å²) in [5, 5.41) is 2.81. The number of rotatable bonds is 2. The van der Waals surface area contributed by atoms with E-state index in [-0.39, 0.29) is 11.3 Å². The van der Waals surface area contributed by atoms with E-state index in [1.54, 1.807) is 32.2 Å². The van der Waals surface area contributed by atoms with Gasteiger partial charge in [0.05, 0.1) is 17.3 Å². The lowest BCUT2D eigenvalue weighted by Crippen LogP contribution is -2.33. The van der Waals surface area contributed by atoms with Crippen LogP contribution in [0.1, 0.15) is 24.9 Å². The summed E-state index contributed by atoms with van der Waals surface area (Å²) < 4.78 is 29.5. The molecular weight excluding hydrogens is 238 g/mol. The van der Waals surface area contributed by atoms with E-state index in [4.69, 9.17) is 4.74 Å². The van der Waals surface area contributed by atoms with Gasteiger partial charge in [-0.05, 0) is 44.2 Å². The van der Waals surface area contributed by atoms with Crippen molar-refractivity contribution >= 4 is 9.84 Å². The average molecular weight is 255 g/mol. The van der Waals surface area contributed by atoms with Gasteiger partial charge >= 0.3 is 0 Å². The molecule has 0 spiro atoms. The third-order valence-electron chi connectivity index (χ3n) is 3.34. The lowest BCUT2D eigenvalue weighted by molar-refractivity contribution is 0.411. The number of nitrogens with one attached hydrogen (secondary N) is 1. The molecule has 1 N–H and O–H groups in total. The summed E-state index contributed by atoms with van der Waals surface area (Å²) in [6, 6.07) is 5.21. The van der Waals surface area contributed by atoms with Gasteiger partial charge in [0.25, 0.3) is 0 Å². The zero-order valence-electron chi connectivity index (χ0n) is 10.2. The molecule has 4 nitrogen and oxygen atoms in total. The van der Waals surface area contributed by atoms with Crippen molar-refractivity contribution in [3.8, 4) is 5.75 Å². The van der Waals surface area contributed by atoms with Crippen LogP contribution in [-0.2, 0) is 9.84 Å². The molecule has 0 aromatic heterocycles. The minimum Gasteiger partial charge on any atom is -0.497 e. The highest BCUT2D eigenvalue weighted by Crippen LogP contribution is 2.37. The molecule has 2 atom stereocenters. The van der Waals surface area contributed by atoms with Gasteiger partial charge in [-0.1, -0.05) is 0 Å². The van der Waals surface area contributed by atoms with Crippen molar-refractivity contribution in [1.82, 2.24) is 5.32 Å². The van der Waals surface area contributed by atoms with Crippen molar-refractivity contribution in [2.45, 2.75) is 29.5 Å². The molecule has 17 heavy (non-hydrogen) atoms. The van der Waals surface area contributed by atoms with Crippen molar-refractivity contribution in [3.05, 3.63) is 23.8 Å². The maximum absolute atomic E-state index is 12.2. The van der Waals surface area contributed by atoms with Crippen LogP contribution in [-0.4, -0.2) is 27.8 Å². The summed E-state index contributed by atoms with van der Waals surface area (Å²) in [6.45, 7) is 1.76. The molecule has 1 aromatic carbocycles. The first-order valence-corrected chi connectivity index (χ1v) is 7.14. The maximum Gasteiger partial charge on any atom is 0.181 e. The fourth-order valence-corrected chi connectivity index (χ4v) is 3.93. The predicted molar refractivity (Wildman–Crippen MR) is 66.1 cm³/mol. The van der Waals surface area contributed by atoms with Gasteiger partial charge in [-0.3, -0.25) is 0 Å². The van der Waals surface area contributed by atoms with Gasteiger partial charge in [0.1, 0.15) is 5.75 Å². The Morgan fingerprint density at radius 1 is 1.41 bits per heavy atom. The Bertz CT molecular complexity index is 525. The maximum atomic E-state index is 12.2. The van der Waals surface area contributed by atoms with Crippen molar-refractivity contribution < 1.29 is 13.2 Å². The topological polar surface area (TPSA) is 55.4 Å². The molecule has 1 aliphatic heterocycles. The van der Waals surface area contributed by atoms with E-state index in [0.717, 1.165) is 5.56 Å². The molecule has 0 amide bonds.